The standard InChI is InChI=1S/C14H20F3N/c1-3-4-8-18-11(2)9-12-6-5-7-13(10-12)14(15,16)17/h5-7,10-11,18H,3-4,8-9H2,1-2H3/t11-/m1/s1. The van der Waals surface area contributed by atoms with Crippen molar-refractivity contribution in [3.8, 4) is 0 Å². The molecule has 0 heterocycles. The Morgan fingerprint density at radius 3 is 2.61 bits per heavy atom. The highest BCUT2D eigenvalue weighted by Gasteiger charge is 2.30. The lowest BCUT2D eigenvalue weighted by atomic mass is 10.0. The summed E-state index contributed by atoms with van der Waals surface area (Å²) in [6.07, 6.45) is -1.43. The van der Waals surface area contributed by atoms with E-state index >= 15 is 0 Å². The monoisotopic (exact) mass is 259 g/mol. The van der Waals surface area contributed by atoms with Crippen LogP contribution in [0.25, 0.3) is 0 Å². The van der Waals surface area contributed by atoms with Crippen molar-refractivity contribution in [1.29, 1.82) is 0 Å². The Balaban J connectivity index is 2.57. The summed E-state index contributed by atoms with van der Waals surface area (Å²) in [5.41, 5.74) is 0.155. The number of hydrogen-bond acceptors (Lipinski definition) is 1. The van der Waals surface area contributed by atoms with Gasteiger partial charge < -0.3 is 5.32 Å². The lowest BCUT2D eigenvalue weighted by Gasteiger charge is -2.15. The highest BCUT2D eigenvalue weighted by atomic mass is 19.4. The van der Waals surface area contributed by atoms with Crippen LogP contribution in [0.4, 0.5) is 13.2 Å². The van der Waals surface area contributed by atoms with Gasteiger partial charge in [-0.3, -0.25) is 0 Å². The van der Waals surface area contributed by atoms with Crippen molar-refractivity contribution in [2.75, 3.05) is 6.54 Å². The lowest BCUT2D eigenvalue weighted by Crippen LogP contribution is -2.29. The summed E-state index contributed by atoms with van der Waals surface area (Å²) in [6, 6.07) is 5.75. The second kappa shape index (κ2) is 6.78. The molecule has 0 fully saturated rings. The van der Waals surface area contributed by atoms with Crippen LogP contribution in [0.15, 0.2) is 24.3 Å². The number of nitrogens with one attached hydrogen (secondary N) is 1. The first kappa shape index (κ1) is 15.0. The maximum atomic E-state index is 12.5. The molecule has 0 amide bonds. The SMILES string of the molecule is CCCCN[C@H](C)Cc1cccc(C(F)(F)F)c1. The summed E-state index contributed by atoms with van der Waals surface area (Å²) in [7, 11) is 0. The third kappa shape index (κ3) is 5.08. The lowest BCUT2D eigenvalue weighted by molar-refractivity contribution is -0.137. The van der Waals surface area contributed by atoms with Crippen molar-refractivity contribution in [1.82, 2.24) is 5.32 Å². The Labute approximate surface area is 106 Å². The summed E-state index contributed by atoms with van der Waals surface area (Å²) < 4.78 is 37.6. The number of benzene rings is 1. The van der Waals surface area contributed by atoms with Crippen LogP contribution in [0.3, 0.4) is 0 Å². The van der Waals surface area contributed by atoms with E-state index in [0.717, 1.165) is 31.0 Å². The number of halogens is 3. The molecule has 1 N–H and O–H groups in total. The van der Waals surface area contributed by atoms with Gasteiger partial charge in [0.25, 0.3) is 0 Å². The first-order chi connectivity index (χ1) is 8.43. The summed E-state index contributed by atoms with van der Waals surface area (Å²) in [5.74, 6) is 0. The molecule has 0 unspecified atom stereocenters. The highest BCUT2D eigenvalue weighted by Crippen LogP contribution is 2.29. The zero-order valence-electron chi connectivity index (χ0n) is 10.8. The first-order valence-corrected chi connectivity index (χ1v) is 6.33. The van der Waals surface area contributed by atoms with Gasteiger partial charge in [0.15, 0.2) is 0 Å². The van der Waals surface area contributed by atoms with Crippen LogP contribution in [0, 0.1) is 0 Å². The third-order valence-electron chi connectivity index (χ3n) is 2.82. The zero-order chi connectivity index (χ0) is 13.6. The maximum absolute atomic E-state index is 12.5. The highest BCUT2D eigenvalue weighted by molar-refractivity contribution is 5.26. The first-order valence-electron chi connectivity index (χ1n) is 6.33. The Morgan fingerprint density at radius 1 is 1.28 bits per heavy atom. The fourth-order valence-electron chi connectivity index (χ4n) is 1.83. The zero-order valence-corrected chi connectivity index (χ0v) is 10.8. The molecular weight excluding hydrogens is 239 g/mol. The molecule has 1 nitrogen and oxygen atoms in total. The number of unbranched alkanes of at least 4 members (excludes halogenated alkanes) is 1. The van der Waals surface area contributed by atoms with Gasteiger partial charge in [-0.25, -0.2) is 0 Å². The maximum Gasteiger partial charge on any atom is 0.416 e. The van der Waals surface area contributed by atoms with Crippen molar-refractivity contribution in [3.63, 3.8) is 0 Å². The molecule has 1 aromatic carbocycles. The smallest absolute Gasteiger partial charge is 0.314 e. The molecule has 0 saturated carbocycles. The van der Waals surface area contributed by atoms with Gasteiger partial charge in [-0.2, -0.15) is 13.2 Å². The number of alkyl halides is 3. The molecule has 1 rings (SSSR count). The van der Waals surface area contributed by atoms with Gasteiger partial charge in [0.1, 0.15) is 0 Å². The van der Waals surface area contributed by atoms with E-state index in [1.807, 2.05) is 6.92 Å². The Bertz CT molecular complexity index is 360. The van der Waals surface area contributed by atoms with Gasteiger partial charge in [0, 0.05) is 6.04 Å². The fraction of sp³-hybridized carbons (Fsp3) is 0.571. The molecule has 18 heavy (non-hydrogen) atoms. The normalized spacial score (nSPS) is 13.6. The van der Waals surface area contributed by atoms with E-state index in [9.17, 15) is 13.2 Å². The molecule has 1 atom stereocenters. The average molecular weight is 259 g/mol. The van der Waals surface area contributed by atoms with Gasteiger partial charge in [-0.1, -0.05) is 31.5 Å². The molecule has 0 aliphatic carbocycles. The van der Waals surface area contributed by atoms with E-state index in [2.05, 4.69) is 12.2 Å². The van der Waals surface area contributed by atoms with E-state index in [1.165, 1.54) is 12.1 Å². The van der Waals surface area contributed by atoms with Crippen molar-refractivity contribution >= 4 is 0 Å². The van der Waals surface area contributed by atoms with Gasteiger partial charge in [-0.15, -0.1) is 0 Å². The molecule has 4 heteroatoms. The van der Waals surface area contributed by atoms with E-state index in [0.29, 0.717) is 6.42 Å². The largest absolute Gasteiger partial charge is 0.416 e. The molecule has 0 radical (unpaired) electrons. The van der Waals surface area contributed by atoms with Crippen LogP contribution in [-0.4, -0.2) is 12.6 Å². The summed E-state index contributed by atoms with van der Waals surface area (Å²) in [5, 5.41) is 3.31. The van der Waals surface area contributed by atoms with Crippen molar-refractivity contribution in [3.05, 3.63) is 35.4 Å². The average Bonchev–Trinajstić information content (AvgIpc) is 2.28. The minimum atomic E-state index is -4.26. The molecule has 0 bridgehead atoms. The molecule has 0 aliphatic rings. The minimum Gasteiger partial charge on any atom is -0.314 e. The number of hydrogen-bond donors (Lipinski definition) is 1. The summed E-state index contributed by atoms with van der Waals surface area (Å²) in [6.45, 7) is 5.02. The van der Waals surface area contributed by atoms with Gasteiger partial charge in [0.2, 0.25) is 0 Å². The van der Waals surface area contributed by atoms with Crippen LogP contribution in [-0.2, 0) is 12.6 Å². The molecule has 1 aromatic rings. The predicted octanol–water partition coefficient (Wildman–Crippen LogP) is 4.03. The Morgan fingerprint density at radius 2 is 2.00 bits per heavy atom. The van der Waals surface area contributed by atoms with Crippen LogP contribution in [0.1, 0.15) is 37.8 Å². The molecule has 0 aliphatic heterocycles. The van der Waals surface area contributed by atoms with E-state index in [1.54, 1.807) is 6.07 Å². The predicted molar refractivity (Wildman–Crippen MR) is 67.5 cm³/mol. The van der Waals surface area contributed by atoms with Crippen molar-refractivity contribution in [2.45, 2.75) is 45.3 Å². The molecular formula is C14H20F3N. The minimum absolute atomic E-state index is 0.194. The van der Waals surface area contributed by atoms with Crippen LogP contribution in [0.5, 0.6) is 0 Å². The number of rotatable bonds is 6. The summed E-state index contributed by atoms with van der Waals surface area (Å²) >= 11 is 0. The third-order valence-corrected chi connectivity index (χ3v) is 2.82. The molecule has 102 valence electrons. The quantitative estimate of drug-likeness (QED) is 0.761. The molecule has 0 spiro atoms. The Kier molecular flexibility index (Phi) is 5.66. The van der Waals surface area contributed by atoms with Crippen LogP contribution < -0.4 is 5.32 Å². The van der Waals surface area contributed by atoms with E-state index < -0.39 is 11.7 Å². The summed E-state index contributed by atoms with van der Waals surface area (Å²) in [4.78, 5) is 0. The fourth-order valence-corrected chi connectivity index (χ4v) is 1.83. The van der Waals surface area contributed by atoms with Gasteiger partial charge in [0.05, 0.1) is 5.56 Å². The molecule has 0 aromatic heterocycles. The van der Waals surface area contributed by atoms with Gasteiger partial charge >= 0.3 is 6.18 Å². The topological polar surface area (TPSA) is 12.0 Å². The second-order valence-electron chi connectivity index (χ2n) is 4.61. The van der Waals surface area contributed by atoms with Crippen molar-refractivity contribution < 1.29 is 13.2 Å². The van der Waals surface area contributed by atoms with E-state index in [4.69, 9.17) is 0 Å². The molecule has 0 saturated heterocycles. The van der Waals surface area contributed by atoms with Crippen LogP contribution in [0.2, 0.25) is 0 Å². The second-order valence-corrected chi connectivity index (χ2v) is 4.61. The van der Waals surface area contributed by atoms with Crippen LogP contribution >= 0.6 is 0 Å². The van der Waals surface area contributed by atoms with E-state index in [-0.39, 0.29) is 6.04 Å². The Hall–Kier alpha value is -1.03. The van der Waals surface area contributed by atoms with Gasteiger partial charge in [-0.05, 0) is 37.9 Å². The van der Waals surface area contributed by atoms with Crippen molar-refractivity contribution in [2.24, 2.45) is 0 Å².